The molecule has 1 aromatic carbocycles. The van der Waals surface area contributed by atoms with Gasteiger partial charge in [-0.25, -0.2) is 0 Å². The number of nitrogens with two attached hydrogens (primary N) is 1. The third kappa shape index (κ3) is 3.67. The number of carbonyl (C=O) groups excluding carboxylic acids is 1. The van der Waals surface area contributed by atoms with Crippen LogP contribution in [0.4, 0.5) is 0 Å². The lowest BCUT2D eigenvalue weighted by atomic mass is 10.1. The Kier molecular flexibility index (Phi) is 5.44. The predicted octanol–water partition coefficient (Wildman–Crippen LogP) is 1.59. The van der Waals surface area contributed by atoms with Crippen molar-refractivity contribution in [1.82, 2.24) is 4.90 Å². The monoisotopic (exact) mass is 292 g/mol. The van der Waals surface area contributed by atoms with Gasteiger partial charge >= 0.3 is 0 Å². The number of carbonyl (C=O) groups is 1. The molecule has 1 aliphatic rings. The molecule has 1 amide bonds. The number of rotatable bonds is 6. The SMILES string of the molecule is COc1ccc(CCC(=O)N2CCCC2CN)cc1OC. The van der Waals surface area contributed by atoms with Crippen molar-refractivity contribution in [2.75, 3.05) is 27.3 Å². The van der Waals surface area contributed by atoms with E-state index in [1.807, 2.05) is 23.1 Å². The lowest BCUT2D eigenvalue weighted by molar-refractivity contribution is -0.131. The number of nitrogens with zero attached hydrogens (tertiary/aromatic N) is 1. The highest BCUT2D eigenvalue weighted by Crippen LogP contribution is 2.28. The van der Waals surface area contributed by atoms with Crippen LogP contribution >= 0.6 is 0 Å². The van der Waals surface area contributed by atoms with Gasteiger partial charge in [-0.1, -0.05) is 6.07 Å². The van der Waals surface area contributed by atoms with Crippen LogP contribution in [0.15, 0.2) is 18.2 Å². The second-order valence-electron chi connectivity index (χ2n) is 5.31. The first-order valence-electron chi connectivity index (χ1n) is 7.40. The molecule has 0 saturated carbocycles. The number of hydrogen-bond donors (Lipinski definition) is 1. The average Bonchev–Trinajstić information content (AvgIpc) is 3.00. The van der Waals surface area contributed by atoms with E-state index in [4.69, 9.17) is 15.2 Å². The minimum Gasteiger partial charge on any atom is -0.493 e. The van der Waals surface area contributed by atoms with E-state index < -0.39 is 0 Å². The van der Waals surface area contributed by atoms with Gasteiger partial charge < -0.3 is 20.1 Å². The van der Waals surface area contributed by atoms with E-state index >= 15 is 0 Å². The minimum absolute atomic E-state index is 0.192. The van der Waals surface area contributed by atoms with Gasteiger partial charge in [-0.15, -0.1) is 0 Å². The van der Waals surface area contributed by atoms with Gasteiger partial charge in [0.25, 0.3) is 0 Å². The summed E-state index contributed by atoms with van der Waals surface area (Å²) in [4.78, 5) is 14.2. The summed E-state index contributed by atoms with van der Waals surface area (Å²) in [6.45, 7) is 1.40. The van der Waals surface area contributed by atoms with Crippen LogP contribution in [0.5, 0.6) is 11.5 Å². The molecule has 1 saturated heterocycles. The van der Waals surface area contributed by atoms with E-state index in [1.165, 1.54) is 0 Å². The molecule has 5 nitrogen and oxygen atoms in total. The van der Waals surface area contributed by atoms with Crippen molar-refractivity contribution in [2.24, 2.45) is 5.73 Å². The van der Waals surface area contributed by atoms with Crippen molar-refractivity contribution < 1.29 is 14.3 Å². The molecule has 1 atom stereocenters. The van der Waals surface area contributed by atoms with Crippen LogP contribution in [0, 0.1) is 0 Å². The van der Waals surface area contributed by atoms with Crippen LogP contribution in [0.3, 0.4) is 0 Å². The Labute approximate surface area is 126 Å². The summed E-state index contributed by atoms with van der Waals surface area (Å²) >= 11 is 0. The van der Waals surface area contributed by atoms with E-state index in [1.54, 1.807) is 14.2 Å². The van der Waals surface area contributed by atoms with Gasteiger partial charge in [0.2, 0.25) is 5.91 Å². The number of ether oxygens (including phenoxy) is 2. The first-order valence-corrected chi connectivity index (χ1v) is 7.40. The summed E-state index contributed by atoms with van der Waals surface area (Å²) in [5.41, 5.74) is 6.79. The van der Waals surface area contributed by atoms with Gasteiger partial charge in [-0.2, -0.15) is 0 Å². The Morgan fingerprint density at radius 1 is 1.33 bits per heavy atom. The smallest absolute Gasteiger partial charge is 0.223 e. The lowest BCUT2D eigenvalue weighted by Crippen LogP contribution is -2.39. The van der Waals surface area contributed by atoms with Gasteiger partial charge in [-0.3, -0.25) is 4.79 Å². The van der Waals surface area contributed by atoms with Crippen molar-refractivity contribution in [3.8, 4) is 11.5 Å². The molecule has 116 valence electrons. The third-order valence-corrected chi connectivity index (χ3v) is 4.05. The van der Waals surface area contributed by atoms with Gasteiger partial charge in [0, 0.05) is 25.6 Å². The van der Waals surface area contributed by atoms with Crippen molar-refractivity contribution in [3.05, 3.63) is 23.8 Å². The third-order valence-electron chi connectivity index (χ3n) is 4.05. The molecule has 2 rings (SSSR count). The fourth-order valence-electron chi connectivity index (χ4n) is 2.84. The van der Waals surface area contributed by atoms with E-state index in [2.05, 4.69) is 0 Å². The molecule has 0 bridgehead atoms. The van der Waals surface area contributed by atoms with Crippen LogP contribution in [-0.4, -0.2) is 44.2 Å². The summed E-state index contributed by atoms with van der Waals surface area (Å²) in [7, 11) is 3.23. The molecule has 0 aliphatic carbocycles. The number of hydrogen-bond acceptors (Lipinski definition) is 4. The highest BCUT2D eigenvalue weighted by molar-refractivity contribution is 5.77. The summed E-state index contributed by atoms with van der Waals surface area (Å²) < 4.78 is 10.5. The zero-order chi connectivity index (χ0) is 15.2. The van der Waals surface area contributed by atoms with Crippen LogP contribution < -0.4 is 15.2 Å². The minimum atomic E-state index is 0.192. The highest BCUT2D eigenvalue weighted by Gasteiger charge is 2.26. The maximum atomic E-state index is 12.3. The van der Waals surface area contributed by atoms with E-state index in [-0.39, 0.29) is 11.9 Å². The fraction of sp³-hybridized carbons (Fsp3) is 0.562. The molecule has 1 aliphatic heterocycles. The summed E-state index contributed by atoms with van der Waals surface area (Å²) in [6, 6.07) is 6.00. The maximum absolute atomic E-state index is 12.3. The number of aryl methyl sites for hydroxylation is 1. The van der Waals surface area contributed by atoms with E-state index in [9.17, 15) is 4.79 Å². The van der Waals surface area contributed by atoms with Gasteiger partial charge in [0.1, 0.15) is 0 Å². The zero-order valence-electron chi connectivity index (χ0n) is 12.8. The predicted molar refractivity (Wildman–Crippen MR) is 81.7 cm³/mol. The number of likely N-dealkylation sites (tertiary alicyclic amines) is 1. The first-order chi connectivity index (χ1) is 10.2. The molecule has 0 radical (unpaired) electrons. The Morgan fingerprint density at radius 2 is 2.10 bits per heavy atom. The molecule has 1 unspecified atom stereocenters. The van der Waals surface area contributed by atoms with Gasteiger partial charge in [0.05, 0.1) is 14.2 Å². The van der Waals surface area contributed by atoms with Crippen molar-refractivity contribution >= 4 is 5.91 Å². The standard InChI is InChI=1S/C16H24N2O3/c1-20-14-7-5-12(10-15(14)21-2)6-8-16(19)18-9-3-4-13(18)11-17/h5,7,10,13H,3-4,6,8-9,11,17H2,1-2H3. The topological polar surface area (TPSA) is 64.8 Å². The number of amides is 1. The Balaban J connectivity index is 1.95. The molecule has 2 N–H and O–H groups in total. The van der Waals surface area contributed by atoms with Crippen LogP contribution in [-0.2, 0) is 11.2 Å². The molecule has 5 heteroatoms. The summed E-state index contributed by atoms with van der Waals surface area (Å²) in [5.74, 6) is 1.59. The summed E-state index contributed by atoms with van der Waals surface area (Å²) in [6.07, 6.45) is 3.29. The molecule has 0 aromatic heterocycles. The largest absolute Gasteiger partial charge is 0.493 e. The second kappa shape index (κ2) is 7.31. The van der Waals surface area contributed by atoms with Crippen LogP contribution in [0.25, 0.3) is 0 Å². The maximum Gasteiger partial charge on any atom is 0.223 e. The summed E-state index contributed by atoms with van der Waals surface area (Å²) in [5, 5.41) is 0. The Hall–Kier alpha value is -1.75. The van der Waals surface area contributed by atoms with Crippen LogP contribution in [0.2, 0.25) is 0 Å². The van der Waals surface area contributed by atoms with Crippen molar-refractivity contribution in [1.29, 1.82) is 0 Å². The molecule has 1 aromatic rings. The van der Waals surface area contributed by atoms with E-state index in [0.29, 0.717) is 30.9 Å². The molecular weight excluding hydrogens is 268 g/mol. The number of methoxy groups -OCH3 is 2. The first kappa shape index (κ1) is 15.6. The molecule has 21 heavy (non-hydrogen) atoms. The number of benzene rings is 1. The Bertz CT molecular complexity index is 490. The lowest BCUT2D eigenvalue weighted by Gasteiger charge is -2.23. The fourth-order valence-corrected chi connectivity index (χ4v) is 2.84. The molecule has 1 heterocycles. The van der Waals surface area contributed by atoms with Gasteiger partial charge in [0.15, 0.2) is 11.5 Å². The zero-order valence-corrected chi connectivity index (χ0v) is 12.8. The van der Waals surface area contributed by atoms with Crippen molar-refractivity contribution in [3.63, 3.8) is 0 Å². The van der Waals surface area contributed by atoms with Crippen molar-refractivity contribution in [2.45, 2.75) is 31.7 Å². The van der Waals surface area contributed by atoms with Gasteiger partial charge in [-0.05, 0) is 37.0 Å². The quantitative estimate of drug-likeness (QED) is 0.864. The molecular formula is C16H24N2O3. The highest BCUT2D eigenvalue weighted by atomic mass is 16.5. The molecule has 1 fully saturated rings. The van der Waals surface area contributed by atoms with Crippen LogP contribution in [0.1, 0.15) is 24.8 Å². The molecule has 0 spiro atoms. The van der Waals surface area contributed by atoms with E-state index in [0.717, 1.165) is 24.9 Å². The average molecular weight is 292 g/mol. The normalized spacial score (nSPS) is 17.9. The second-order valence-corrected chi connectivity index (χ2v) is 5.31. The Morgan fingerprint density at radius 3 is 2.76 bits per heavy atom.